The molecular weight excluding hydrogens is 404 g/mol. The molecule has 1 aliphatic heterocycles. The SMILES string of the molecule is CC1=NN(c2ccc(C(=O)O)cc2)C(=O)C1=Cc1cc(C(C)(C)C)c(O)c(C(C)(C)C)c1. The van der Waals surface area contributed by atoms with Gasteiger partial charge < -0.3 is 10.2 Å². The highest BCUT2D eigenvalue weighted by Gasteiger charge is 2.30. The number of rotatable bonds is 3. The van der Waals surface area contributed by atoms with Crippen LogP contribution in [0.2, 0.25) is 0 Å². The molecule has 0 spiro atoms. The van der Waals surface area contributed by atoms with Crippen molar-refractivity contribution >= 4 is 29.4 Å². The van der Waals surface area contributed by atoms with Crippen molar-refractivity contribution in [3.8, 4) is 5.75 Å². The first-order valence-corrected chi connectivity index (χ1v) is 10.5. The highest BCUT2D eigenvalue weighted by Crippen LogP contribution is 2.40. The minimum absolute atomic E-state index is 0.144. The third-order valence-corrected chi connectivity index (χ3v) is 5.48. The number of phenolic OH excluding ortho intramolecular Hbond substituents is 1. The molecule has 6 heteroatoms. The predicted molar refractivity (Wildman–Crippen MR) is 127 cm³/mol. The van der Waals surface area contributed by atoms with E-state index < -0.39 is 5.97 Å². The van der Waals surface area contributed by atoms with Gasteiger partial charge in [0.05, 0.1) is 22.5 Å². The highest BCUT2D eigenvalue weighted by atomic mass is 16.4. The third kappa shape index (κ3) is 4.44. The molecule has 6 nitrogen and oxygen atoms in total. The number of carboxylic acid groups (broad SMARTS) is 1. The lowest BCUT2D eigenvalue weighted by Gasteiger charge is -2.28. The van der Waals surface area contributed by atoms with Crippen LogP contribution in [0.25, 0.3) is 6.08 Å². The number of carbonyl (C=O) groups is 2. The van der Waals surface area contributed by atoms with Gasteiger partial charge in [-0.1, -0.05) is 41.5 Å². The van der Waals surface area contributed by atoms with Crippen molar-refractivity contribution in [1.82, 2.24) is 0 Å². The summed E-state index contributed by atoms with van der Waals surface area (Å²) in [5.74, 6) is -1.02. The van der Waals surface area contributed by atoms with Crippen molar-refractivity contribution < 1.29 is 19.8 Å². The van der Waals surface area contributed by atoms with Crippen molar-refractivity contribution in [1.29, 1.82) is 0 Å². The van der Waals surface area contributed by atoms with Crippen LogP contribution in [0.1, 0.15) is 75.5 Å². The van der Waals surface area contributed by atoms with E-state index in [9.17, 15) is 14.7 Å². The molecule has 0 bridgehead atoms. The molecule has 0 aliphatic carbocycles. The van der Waals surface area contributed by atoms with E-state index in [0.717, 1.165) is 16.7 Å². The summed E-state index contributed by atoms with van der Waals surface area (Å²) in [4.78, 5) is 24.2. The van der Waals surface area contributed by atoms with E-state index in [1.54, 1.807) is 25.1 Å². The number of amides is 1. The third-order valence-electron chi connectivity index (χ3n) is 5.48. The summed E-state index contributed by atoms with van der Waals surface area (Å²) in [5, 5.41) is 25.7. The summed E-state index contributed by atoms with van der Waals surface area (Å²) in [6.07, 6.45) is 1.80. The number of nitrogens with zero attached hydrogens (tertiary/aromatic N) is 2. The van der Waals surface area contributed by atoms with Crippen LogP contribution in [0, 0.1) is 0 Å². The first kappa shape index (κ1) is 23.3. The Balaban J connectivity index is 2.06. The zero-order valence-corrected chi connectivity index (χ0v) is 19.6. The van der Waals surface area contributed by atoms with E-state index in [1.807, 2.05) is 53.7 Å². The predicted octanol–water partition coefficient (Wildman–Crippen LogP) is 5.49. The Labute approximate surface area is 188 Å². The van der Waals surface area contributed by atoms with Crippen molar-refractivity contribution in [3.63, 3.8) is 0 Å². The van der Waals surface area contributed by atoms with E-state index >= 15 is 0 Å². The molecule has 0 saturated carbocycles. The van der Waals surface area contributed by atoms with Crippen molar-refractivity contribution in [2.45, 2.75) is 59.3 Å². The molecule has 2 N–H and O–H groups in total. The van der Waals surface area contributed by atoms with E-state index in [0.29, 0.717) is 17.0 Å². The van der Waals surface area contributed by atoms with Gasteiger partial charge >= 0.3 is 5.97 Å². The first-order valence-electron chi connectivity index (χ1n) is 10.5. The summed E-state index contributed by atoms with van der Waals surface area (Å²) in [7, 11) is 0. The summed E-state index contributed by atoms with van der Waals surface area (Å²) in [6.45, 7) is 14.0. The molecule has 0 radical (unpaired) electrons. The molecule has 0 unspecified atom stereocenters. The molecule has 32 heavy (non-hydrogen) atoms. The van der Waals surface area contributed by atoms with E-state index in [2.05, 4.69) is 5.10 Å². The van der Waals surface area contributed by atoms with Gasteiger partial charge in [0.2, 0.25) is 0 Å². The van der Waals surface area contributed by atoms with Crippen LogP contribution in [-0.2, 0) is 15.6 Å². The number of carboxylic acids is 1. The van der Waals surface area contributed by atoms with Crippen molar-refractivity contribution in [3.05, 3.63) is 64.2 Å². The van der Waals surface area contributed by atoms with Crippen LogP contribution in [0.15, 0.2) is 47.1 Å². The van der Waals surface area contributed by atoms with Gasteiger partial charge in [-0.15, -0.1) is 0 Å². The van der Waals surface area contributed by atoms with Crippen LogP contribution in [0.5, 0.6) is 5.75 Å². The van der Waals surface area contributed by atoms with Gasteiger partial charge in [0.1, 0.15) is 5.75 Å². The second-order valence-electron chi connectivity index (χ2n) is 10.2. The Morgan fingerprint density at radius 1 is 0.969 bits per heavy atom. The van der Waals surface area contributed by atoms with Crippen LogP contribution in [-0.4, -0.2) is 27.8 Å². The lowest BCUT2D eigenvalue weighted by atomic mass is 9.78. The number of aromatic carboxylic acids is 1. The fourth-order valence-electron chi connectivity index (χ4n) is 3.65. The molecule has 1 heterocycles. The van der Waals surface area contributed by atoms with Gasteiger partial charge in [-0.05, 0) is 65.8 Å². The van der Waals surface area contributed by atoms with Gasteiger partial charge in [0.25, 0.3) is 5.91 Å². The Bertz CT molecular complexity index is 1110. The number of benzene rings is 2. The minimum atomic E-state index is -1.03. The highest BCUT2D eigenvalue weighted by molar-refractivity contribution is 6.32. The van der Waals surface area contributed by atoms with E-state index in [1.165, 1.54) is 17.1 Å². The molecule has 0 fully saturated rings. The maximum absolute atomic E-state index is 13.1. The first-order chi connectivity index (χ1) is 14.7. The number of hydrogen-bond acceptors (Lipinski definition) is 4. The molecule has 0 saturated heterocycles. The van der Waals surface area contributed by atoms with Crippen molar-refractivity contribution in [2.24, 2.45) is 5.10 Å². The van der Waals surface area contributed by atoms with Gasteiger partial charge in [-0.25, -0.2) is 4.79 Å². The molecule has 0 aromatic heterocycles. The lowest BCUT2D eigenvalue weighted by Crippen LogP contribution is -2.21. The average Bonchev–Trinajstić information content (AvgIpc) is 2.95. The molecule has 0 atom stereocenters. The largest absolute Gasteiger partial charge is 0.507 e. The van der Waals surface area contributed by atoms with Gasteiger partial charge in [0, 0.05) is 11.1 Å². The second-order valence-corrected chi connectivity index (χ2v) is 10.2. The standard InChI is InChI=1S/C26H30N2O4/c1-15-19(23(30)28(27-15)18-10-8-17(9-11-18)24(31)32)12-16-13-20(25(2,3)4)22(29)21(14-16)26(5,6)7/h8-14,29H,1-7H3,(H,31,32). The Hall–Kier alpha value is -3.41. The Kier molecular flexibility index (Phi) is 5.77. The number of carbonyl (C=O) groups excluding carboxylic acids is 1. The monoisotopic (exact) mass is 434 g/mol. The molecule has 1 aliphatic rings. The minimum Gasteiger partial charge on any atom is -0.507 e. The topological polar surface area (TPSA) is 90.2 Å². The number of aromatic hydroxyl groups is 1. The lowest BCUT2D eigenvalue weighted by molar-refractivity contribution is -0.114. The van der Waals surface area contributed by atoms with Gasteiger partial charge in [0.15, 0.2) is 0 Å². The number of hydrogen-bond donors (Lipinski definition) is 2. The molecule has 1 amide bonds. The fraction of sp³-hybridized carbons (Fsp3) is 0.346. The van der Waals surface area contributed by atoms with Crippen molar-refractivity contribution in [2.75, 3.05) is 5.01 Å². The zero-order chi connectivity index (χ0) is 24.0. The smallest absolute Gasteiger partial charge is 0.335 e. The Morgan fingerprint density at radius 3 is 1.91 bits per heavy atom. The van der Waals surface area contributed by atoms with E-state index in [-0.39, 0.29) is 28.1 Å². The summed E-state index contributed by atoms with van der Waals surface area (Å²) < 4.78 is 0. The summed E-state index contributed by atoms with van der Waals surface area (Å²) >= 11 is 0. The normalized spacial score (nSPS) is 16.0. The molecule has 2 aromatic rings. The number of phenols is 1. The van der Waals surface area contributed by atoms with Crippen LogP contribution in [0.4, 0.5) is 5.69 Å². The van der Waals surface area contributed by atoms with Crippen LogP contribution < -0.4 is 5.01 Å². The maximum Gasteiger partial charge on any atom is 0.335 e. The number of hydrazone groups is 1. The molecular formula is C26H30N2O4. The summed E-state index contributed by atoms with van der Waals surface area (Å²) in [5.41, 5.74) is 3.57. The van der Waals surface area contributed by atoms with Gasteiger partial charge in [-0.2, -0.15) is 10.1 Å². The van der Waals surface area contributed by atoms with Crippen LogP contribution in [0.3, 0.4) is 0 Å². The van der Waals surface area contributed by atoms with Crippen LogP contribution >= 0.6 is 0 Å². The maximum atomic E-state index is 13.1. The Morgan fingerprint density at radius 2 is 1.47 bits per heavy atom. The molecule has 2 aromatic carbocycles. The second kappa shape index (κ2) is 7.93. The fourth-order valence-corrected chi connectivity index (χ4v) is 3.65. The molecule has 168 valence electrons. The summed E-state index contributed by atoms with van der Waals surface area (Å²) in [6, 6.07) is 9.87. The van der Waals surface area contributed by atoms with Gasteiger partial charge in [-0.3, -0.25) is 4.79 Å². The number of anilines is 1. The quantitative estimate of drug-likeness (QED) is 0.625. The average molecular weight is 435 g/mol. The molecule has 3 rings (SSSR count). The van der Waals surface area contributed by atoms with E-state index in [4.69, 9.17) is 5.11 Å². The zero-order valence-electron chi connectivity index (χ0n) is 19.6.